The molecule has 2 aromatic rings. The van der Waals surface area contributed by atoms with Gasteiger partial charge in [0.05, 0.1) is 12.8 Å². The maximum atomic E-state index is 12.9. The third-order valence-electron chi connectivity index (χ3n) is 4.62. The molecule has 0 radical (unpaired) electrons. The Labute approximate surface area is 143 Å². The zero-order chi connectivity index (χ0) is 16.8. The predicted molar refractivity (Wildman–Crippen MR) is 92.5 cm³/mol. The first-order valence-corrected chi connectivity index (χ1v) is 8.72. The Morgan fingerprint density at radius 3 is 2.75 bits per heavy atom. The van der Waals surface area contributed by atoms with E-state index >= 15 is 0 Å². The Hall–Kier alpha value is -2.07. The molecule has 0 saturated carbocycles. The molecule has 1 aliphatic heterocycles. The first-order chi connectivity index (χ1) is 11.7. The van der Waals surface area contributed by atoms with Crippen molar-refractivity contribution < 1.29 is 13.9 Å². The summed E-state index contributed by atoms with van der Waals surface area (Å²) >= 11 is 0. The highest BCUT2D eigenvalue weighted by Crippen LogP contribution is 2.20. The average molecular weight is 327 g/mol. The number of hydrogen-bond donors (Lipinski definition) is 0. The molecule has 1 saturated heterocycles. The van der Waals surface area contributed by atoms with Crippen LogP contribution in [-0.2, 0) is 22.5 Å². The van der Waals surface area contributed by atoms with Crippen molar-refractivity contribution in [3.05, 3.63) is 60.1 Å². The van der Waals surface area contributed by atoms with Crippen LogP contribution in [-0.4, -0.2) is 29.6 Å². The highest BCUT2D eigenvalue weighted by molar-refractivity contribution is 5.81. The van der Waals surface area contributed by atoms with Crippen molar-refractivity contribution in [2.45, 2.75) is 51.3 Å². The third kappa shape index (κ3) is 4.26. The number of amides is 1. The molecule has 3 rings (SSSR count). The summed E-state index contributed by atoms with van der Waals surface area (Å²) in [5.74, 6) is 0.900. The number of nitrogens with zero attached hydrogens (tertiary/aromatic N) is 1. The Morgan fingerprint density at radius 1 is 1.25 bits per heavy atom. The monoisotopic (exact) mass is 327 g/mol. The lowest BCUT2D eigenvalue weighted by Crippen LogP contribution is -2.44. The first kappa shape index (κ1) is 16.8. The summed E-state index contributed by atoms with van der Waals surface area (Å²) in [5, 5.41) is 0. The van der Waals surface area contributed by atoms with E-state index in [0.717, 1.165) is 31.4 Å². The van der Waals surface area contributed by atoms with Gasteiger partial charge in [0, 0.05) is 12.6 Å². The molecule has 1 aromatic heterocycles. The summed E-state index contributed by atoms with van der Waals surface area (Å²) in [6.45, 7) is 3.30. The summed E-state index contributed by atoms with van der Waals surface area (Å²) in [7, 11) is 0. The summed E-state index contributed by atoms with van der Waals surface area (Å²) in [6.07, 6.45) is 5.01. The number of hydrogen-bond acceptors (Lipinski definition) is 3. The van der Waals surface area contributed by atoms with Gasteiger partial charge in [-0.3, -0.25) is 4.79 Å². The molecule has 24 heavy (non-hydrogen) atoms. The van der Waals surface area contributed by atoms with Gasteiger partial charge in [-0.15, -0.1) is 0 Å². The fraction of sp³-hybridized carbons (Fsp3) is 0.450. The van der Waals surface area contributed by atoms with Crippen LogP contribution >= 0.6 is 0 Å². The van der Waals surface area contributed by atoms with Crippen molar-refractivity contribution >= 4 is 5.91 Å². The highest BCUT2D eigenvalue weighted by Gasteiger charge is 2.31. The zero-order valence-electron chi connectivity index (χ0n) is 14.2. The van der Waals surface area contributed by atoms with E-state index in [1.54, 1.807) is 6.26 Å². The van der Waals surface area contributed by atoms with Crippen molar-refractivity contribution in [3.8, 4) is 0 Å². The van der Waals surface area contributed by atoms with Gasteiger partial charge in [0.25, 0.3) is 5.91 Å². The lowest BCUT2D eigenvalue weighted by molar-refractivity contribution is -0.144. The van der Waals surface area contributed by atoms with E-state index < -0.39 is 0 Å². The van der Waals surface area contributed by atoms with Crippen LogP contribution < -0.4 is 0 Å². The van der Waals surface area contributed by atoms with Gasteiger partial charge < -0.3 is 14.1 Å². The first-order valence-electron chi connectivity index (χ1n) is 8.72. The summed E-state index contributed by atoms with van der Waals surface area (Å²) in [5.41, 5.74) is 1.30. The van der Waals surface area contributed by atoms with E-state index in [9.17, 15) is 4.79 Å². The standard InChI is InChI=1S/C20H25NO3/c1-16(11-12-17-7-3-2-4-8-17)21(15-18-9-5-13-23-18)20(22)19-10-6-14-24-19/h2-5,7-9,13,16,19H,6,10-12,14-15H2,1H3/t16-,19+/m0/s1. The number of carbonyl (C=O) groups is 1. The van der Waals surface area contributed by atoms with Crippen molar-refractivity contribution in [3.63, 3.8) is 0 Å². The van der Waals surface area contributed by atoms with Gasteiger partial charge in [0.1, 0.15) is 11.9 Å². The minimum Gasteiger partial charge on any atom is -0.467 e. The van der Waals surface area contributed by atoms with E-state index in [1.807, 2.05) is 23.1 Å². The smallest absolute Gasteiger partial charge is 0.252 e. The van der Waals surface area contributed by atoms with Crippen LogP contribution in [0, 0.1) is 0 Å². The Kier molecular flexibility index (Phi) is 5.70. The fourth-order valence-corrected chi connectivity index (χ4v) is 3.15. The van der Waals surface area contributed by atoms with E-state index in [2.05, 4.69) is 31.2 Å². The molecule has 4 heteroatoms. The van der Waals surface area contributed by atoms with Gasteiger partial charge in [-0.25, -0.2) is 0 Å². The van der Waals surface area contributed by atoms with E-state index in [4.69, 9.17) is 9.15 Å². The van der Waals surface area contributed by atoms with Crippen molar-refractivity contribution in [1.29, 1.82) is 0 Å². The number of ether oxygens (including phenoxy) is 1. The number of furan rings is 1. The number of rotatable bonds is 7. The molecule has 0 bridgehead atoms. The largest absolute Gasteiger partial charge is 0.467 e. The molecule has 1 aromatic carbocycles. The van der Waals surface area contributed by atoms with Crippen molar-refractivity contribution in [2.24, 2.45) is 0 Å². The predicted octanol–water partition coefficient (Wildman–Crippen LogP) is 3.81. The van der Waals surface area contributed by atoms with Crippen LogP contribution in [0.25, 0.3) is 0 Å². The molecule has 1 amide bonds. The minimum absolute atomic E-state index is 0.0875. The van der Waals surface area contributed by atoms with E-state index in [1.165, 1.54) is 5.56 Å². The molecule has 0 N–H and O–H groups in total. The summed E-state index contributed by atoms with van der Waals surface area (Å²) in [4.78, 5) is 14.8. The van der Waals surface area contributed by atoms with E-state index in [0.29, 0.717) is 13.2 Å². The highest BCUT2D eigenvalue weighted by atomic mass is 16.5. The van der Waals surface area contributed by atoms with Crippen LogP contribution in [0.3, 0.4) is 0 Å². The van der Waals surface area contributed by atoms with Crippen LogP contribution in [0.4, 0.5) is 0 Å². The van der Waals surface area contributed by atoms with Crippen LogP contribution in [0.15, 0.2) is 53.1 Å². The lowest BCUT2D eigenvalue weighted by Gasteiger charge is -2.30. The SMILES string of the molecule is C[C@@H](CCc1ccccc1)N(Cc1ccco1)C(=O)[C@H]1CCCO1. The third-order valence-corrected chi connectivity index (χ3v) is 4.62. The molecule has 0 spiro atoms. The second kappa shape index (κ2) is 8.15. The molecular weight excluding hydrogens is 302 g/mol. The van der Waals surface area contributed by atoms with Crippen molar-refractivity contribution in [1.82, 2.24) is 4.90 Å². The average Bonchev–Trinajstić information content (AvgIpc) is 3.31. The van der Waals surface area contributed by atoms with Crippen LogP contribution in [0.1, 0.15) is 37.5 Å². The Bertz CT molecular complexity index is 618. The van der Waals surface area contributed by atoms with Gasteiger partial charge in [-0.05, 0) is 50.3 Å². The molecular formula is C20H25NO3. The van der Waals surface area contributed by atoms with Gasteiger partial charge in [-0.1, -0.05) is 30.3 Å². The normalized spacial score (nSPS) is 18.5. The van der Waals surface area contributed by atoms with Crippen LogP contribution in [0.2, 0.25) is 0 Å². The van der Waals surface area contributed by atoms with Gasteiger partial charge in [0.2, 0.25) is 0 Å². The summed E-state index contributed by atoms with van der Waals surface area (Å²) < 4.78 is 11.1. The van der Waals surface area contributed by atoms with Gasteiger partial charge >= 0.3 is 0 Å². The molecule has 0 unspecified atom stereocenters. The quantitative estimate of drug-likeness (QED) is 0.776. The topological polar surface area (TPSA) is 42.7 Å². The molecule has 128 valence electrons. The van der Waals surface area contributed by atoms with Crippen LogP contribution in [0.5, 0.6) is 0 Å². The molecule has 2 heterocycles. The maximum Gasteiger partial charge on any atom is 0.252 e. The number of carbonyl (C=O) groups excluding carboxylic acids is 1. The second-order valence-electron chi connectivity index (χ2n) is 6.42. The second-order valence-corrected chi connectivity index (χ2v) is 6.42. The molecule has 0 aliphatic carbocycles. The van der Waals surface area contributed by atoms with Gasteiger partial charge in [-0.2, -0.15) is 0 Å². The van der Waals surface area contributed by atoms with Gasteiger partial charge in [0.15, 0.2) is 0 Å². The Balaban J connectivity index is 1.66. The minimum atomic E-state index is -0.292. The maximum absolute atomic E-state index is 12.9. The lowest BCUT2D eigenvalue weighted by atomic mass is 10.0. The number of benzene rings is 1. The fourth-order valence-electron chi connectivity index (χ4n) is 3.15. The molecule has 1 fully saturated rings. The molecule has 2 atom stereocenters. The molecule has 1 aliphatic rings. The number of aryl methyl sites for hydroxylation is 1. The zero-order valence-corrected chi connectivity index (χ0v) is 14.2. The summed E-state index contributed by atoms with van der Waals surface area (Å²) in [6, 6.07) is 14.3. The van der Waals surface area contributed by atoms with E-state index in [-0.39, 0.29) is 18.1 Å². The van der Waals surface area contributed by atoms with Crippen molar-refractivity contribution in [2.75, 3.05) is 6.61 Å². The Morgan fingerprint density at radius 2 is 2.08 bits per heavy atom. The molecule has 4 nitrogen and oxygen atoms in total.